The Hall–Kier alpha value is -3.10. The van der Waals surface area contributed by atoms with Crippen molar-refractivity contribution in [3.63, 3.8) is 0 Å². The van der Waals surface area contributed by atoms with Gasteiger partial charge in [-0.15, -0.1) is 0 Å². The molecular formula is C24H22BrN3O4. The maximum atomic E-state index is 13.4. The van der Waals surface area contributed by atoms with Gasteiger partial charge in [-0.25, -0.2) is 4.79 Å². The van der Waals surface area contributed by atoms with Crippen LogP contribution in [0.2, 0.25) is 0 Å². The summed E-state index contributed by atoms with van der Waals surface area (Å²) in [5.41, 5.74) is 3.34. The fraction of sp³-hybridized carbons (Fsp3) is 0.250. The van der Waals surface area contributed by atoms with Crippen LogP contribution in [0.15, 0.2) is 62.6 Å². The van der Waals surface area contributed by atoms with Gasteiger partial charge in [-0.05, 0) is 23.8 Å². The van der Waals surface area contributed by atoms with Crippen molar-refractivity contribution >= 4 is 26.8 Å². The number of hydrogen-bond acceptors (Lipinski definition) is 4. The van der Waals surface area contributed by atoms with Crippen LogP contribution in [0, 0.1) is 0 Å². The molecule has 1 aliphatic heterocycles. The second-order valence-electron chi connectivity index (χ2n) is 7.82. The molecule has 0 fully saturated rings. The van der Waals surface area contributed by atoms with Crippen LogP contribution in [0.3, 0.4) is 0 Å². The zero-order valence-electron chi connectivity index (χ0n) is 18.0. The lowest BCUT2D eigenvalue weighted by Gasteiger charge is -2.28. The highest BCUT2D eigenvalue weighted by atomic mass is 79.9. The van der Waals surface area contributed by atoms with Crippen LogP contribution in [0.4, 0.5) is 0 Å². The van der Waals surface area contributed by atoms with Gasteiger partial charge in [0.15, 0.2) is 0 Å². The standard InChI is InChI=1S/C24H22BrN3O4/c1-26-20-18(23(29)27(2)24(26)30)19(16-6-4-5-7-17(16)25)28-12-13-32-22(21(20)28)14-8-10-15(31-3)11-9-14/h4-11,22H,12-13H2,1-3H3. The molecule has 7 nitrogen and oxygen atoms in total. The summed E-state index contributed by atoms with van der Waals surface area (Å²) in [7, 11) is 4.84. The number of nitrogens with zero attached hydrogens (tertiary/aromatic N) is 3. The Labute approximate surface area is 192 Å². The topological polar surface area (TPSA) is 67.4 Å². The van der Waals surface area contributed by atoms with Gasteiger partial charge >= 0.3 is 5.69 Å². The quantitative estimate of drug-likeness (QED) is 0.435. The van der Waals surface area contributed by atoms with Gasteiger partial charge in [-0.2, -0.15) is 0 Å². The average molecular weight is 496 g/mol. The summed E-state index contributed by atoms with van der Waals surface area (Å²) in [5.74, 6) is 0.750. The zero-order valence-corrected chi connectivity index (χ0v) is 19.5. The summed E-state index contributed by atoms with van der Waals surface area (Å²) >= 11 is 3.65. The second-order valence-corrected chi connectivity index (χ2v) is 8.67. The molecule has 32 heavy (non-hydrogen) atoms. The predicted octanol–water partition coefficient (Wildman–Crippen LogP) is 3.60. The first-order chi connectivity index (χ1) is 15.4. The van der Waals surface area contributed by atoms with Crippen molar-refractivity contribution in [2.45, 2.75) is 12.6 Å². The monoisotopic (exact) mass is 495 g/mol. The summed E-state index contributed by atoms with van der Waals surface area (Å²) in [5, 5.41) is 0.514. The number of hydrogen-bond donors (Lipinski definition) is 0. The van der Waals surface area contributed by atoms with E-state index in [1.807, 2.05) is 48.5 Å². The molecule has 0 N–H and O–H groups in total. The summed E-state index contributed by atoms with van der Waals surface area (Å²) in [6.45, 7) is 1.06. The lowest BCUT2D eigenvalue weighted by molar-refractivity contribution is 0.0478. The maximum Gasteiger partial charge on any atom is 0.331 e. The molecule has 0 aliphatic carbocycles. The molecule has 1 atom stereocenters. The minimum absolute atomic E-state index is 0.316. The molecule has 0 bridgehead atoms. The van der Waals surface area contributed by atoms with E-state index >= 15 is 0 Å². The van der Waals surface area contributed by atoms with Crippen LogP contribution in [0.5, 0.6) is 5.75 Å². The Kier molecular flexibility index (Phi) is 5.06. The number of aromatic nitrogens is 3. The third-order valence-corrected chi connectivity index (χ3v) is 6.79. The van der Waals surface area contributed by atoms with Gasteiger partial charge in [0.25, 0.3) is 5.56 Å². The number of aryl methyl sites for hydroxylation is 1. The number of rotatable bonds is 3. The van der Waals surface area contributed by atoms with Crippen LogP contribution >= 0.6 is 15.9 Å². The predicted molar refractivity (Wildman–Crippen MR) is 126 cm³/mol. The molecule has 164 valence electrons. The molecule has 0 radical (unpaired) electrons. The normalized spacial score (nSPS) is 15.7. The molecule has 0 spiro atoms. The first kappa shape index (κ1) is 20.8. The van der Waals surface area contributed by atoms with E-state index in [0.717, 1.165) is 37.3 Å². The van der Waals surface area contributed by atoms with Crippen molar-refractivity contribution in [2.24, 2.45) is 14.1 Å². The fourth-order valence-corrected chi connectivity index (χ4v) is 5.02. The van der Waals surface area contributed by atoms with Crippen molar-refractivity contribution in [2.75, 3.05) is 13.7 Å². The van der Waals surface area contributed by atoms with E-state index in [-0.39, 0.29) is 11.2 Å². The van der Waals surface area contributed by atoms with Gasteiger partial charge in [0, 0.05) is 30.7 Å². The van der Waals surface area contributed by atoms with Crippen LogP contribution in [0.25, 0.3) is 22.2 Å². The minimum Gasteiger partial charge on any atom is -0.497 e. The minimum atomic E-state index is -0.425. The third-order valence-electron chi connectivity index (χ3n) is 6.10. The summed E-state index contributed by atoms with van der Waals surface area (Å²) in [6, 6.07) is 15.5. The number of ether oxygens (including phenoxy) is 2. The maximum absolute atomic E-state index is 13.4. The number of methoxy groups -OCH3 is 1. The van der Waals surface area contributed by atoms with Crippen molar-refractivity contribution in [1.82, 2.24) is 13.7 Å². The van der Waals surface area contributed by atoms with E-state index in [1.54, 1.807) is 18.7 Å². The molecule has 0 amide bonds. The van der Waals surface area contributed by atoms with Crippen molar-refractivity contribution in [3.8, 4) is 17.0 Å². The molecule has 5 rings (SSSR count). The Morgan fingerprint density at radius 1 is 1.03 bits per heavy atom. The van der Waals surface area contributed by atoms with E-state index < -0.39 is 6.10 Å². The summed E-state index contributed by atoms with van der Waals surface area (Å²) in [6.07, 6.45) is -0.425. The fourth-order valence-electron chi connectivity index (χ4n) is 4.55. The summed E-state index contributed by atoms with van der Waals surface area (Å²) in [4.78, 5) is 26.3. The van der Waals surface area contributed by atoms with Gasteiger partial charge in [-0.3, -0.25) is 13.9 Å². The Bertz CT molecular complexity index is 1460. The van der Waals surface area contributed by atoms with Gasteiger partial charge in [0.1, 0.15) is 11.9 Å². The second kappa shape index (κ2) is 7.79. The lowest BCUT2D eigenvalue weighted by atomic mass is 10.0. The lowest BCUT2D eigenvalue weighted by Crippen LogP contribution is -2.37. The molecule has 2 aromatic heterocycles. The molecule has 8 heteroatoms. The molecule has 4 aromatic rings. The van der Waals surface area contributed by atoms with Gasteiger partial charge in [0.05, 0.1) is 36.0 Å². The molecule has 0 saturated heterocycles. The highest BCUT2D eigenvalue weighted by Crippen LogP contribution is 2.42. The van der Waals surface area contributed by atoms with E-state index in [1.165, 1.54) is 7.05 Å². The van der Waals surface area contributed by atoms with Crippen LogP contribution in [-0.4, -0.2) is 27.4 Å². The Morgan fingerprint density at radius 2 is 1.75 bits per heavy atom. The van der Waals surface area contributed by atoms with E-state index in [4.69, 9.17) is 9.47 Å². The number of fused-ring (bicyclic) bond motifs is 3. The third kappa shape index (κ3) is 2.97. The average Bonchev–Trinajstić information content (AvgIpc) is 3.17. The Morgan fingerprint density at radius 3 is 2.44 bits per heavy atom. The zero-order chi connectivity index (χ0) is 22.6. The number of halogens is 1. The van der Waals surface area contributed by atoms with E-state index in [2.05, 4.69) is 20.5 Å². The first-order valence-corrected chi connectivity index (χ1v) is 11.1. The van der Waals surface area contributed by atoms with Crippen LogP contribution in [-0.2, 0) is 25.4 Å². The highest BCUT2D eigenvalue weighted by molar-refractivity contribution is 9.10. The van der Waals surface area contributed by atoms with E-state index in [9.17, 15) is 9.59 Å². The smallest absolute Gasteiger partial charge is 0.331 e. The number of benzene rings is 2. The largest absolute Gasteiger partial charge is 0.497 e. The molecular weight excluding hydrogens is 474 g/mol. The van der Waals surface area contributed by atoms with Crippen LogP contribution in [0.1, 0.15) is 17.4 Å². The van der Waals surface area contributed by atoms with Gasteiger partial charge < -0.3 is 14.0 Å². The molecule has 1 unspecified atom stereocenters. The molecule has 0 saturated carbocycles. The Balaban J connectivity index is 1.92. The van der Waals surface area contributed by atoms with Crippen molar-refractivity contribution in [1.29, 1.82) is 0 Å². The molecule has 2 aromatic carbocycles. The first-order valence-electron chi connectivity index (χ1n) is 10.3. The van der Waals surface area contributed by atoms with Gasteiger partial charge in [-0.1, -0.05) is 46.3 Å². The SMILES string of the molecule is COc1ccc(C2OCCn3c(-c4ccccc4Br)c4c(=O)n(C)c(=O)n(C)c4c32)cc1. The van der Waals surface area contributed by atoms with E-state index in [0.29, 0.717) is 24.1 Å². The van der Waals surface area contributed by atoms with Gasteiger partial charge in [0.2, 0.25) is 0 Å². The van der Waals surface area contributed by atoms with Crippen LogP contribution < -0.4 is 16.0 Å². The molecule has 1 aliphatic rings. The van der Waals surface area contributed by atoms with Crippen molar-refractivity contribution in [3.05, 3.63) is 85.1 Å². The van der Waals surface area contributed by atoms with Crippen molar-refractivity contribution < 1.29 is 9.47 Å². The molecule has 3 heterocycles. The summed E-state index contributed by atoms with van der Waals surface area (Å²) < 4.78 is 17.2. The highest BCUT2D eigenvalue weighted by Gasteiger charge is 2.33.